The number of aromatic nitrogens is 1. The summed E-state index contributed by atoms with van der Waals surface area (Å²) in [5.74, 6) is -0.131. The van der Waals surface area contributed by atoms with Gasteiger partial charge in [0.05, 0.1) is 6.54 Å². The van der Waals surface area contributed by atoms with Gasteiger partial charge in [0, 0.05) is 38.2 Å². The maximum atomic E-state index is 13.0. The highest BCUT2D eigenvalue weighted by atomic mass is 19.1. The number of hydrogen-bond acceptors (Lipinski definition) is 2. The van der Waals surface area contributed by atoms with Gasteiger partial charge in [-0.2, -0.15) is 0 Å². The topological polar surface area (TPSA) is 70.5 Å². The summed E-state index contributed by atoms with van der Waals surface area (Å²) in [7, 11) is 1.63. The molecule has 1 aromatic carbocycles. The fourth-order valence-corrected chi connectivity index (χ4v) is 1.98. The fraction of sp³-hybridized carbons (Fsp3) is 0.250. The molecule has 23 heavy (non-hydrogen) atoms. The van der Waals surface area contributed by atoms with E-state index >= 15 is 0 Å². The van der Waals surface area contributed by atoms with Gasteiger partial charge in [0.1, 0.15) is 5.82 Å². The molecule has 6 nitrogen and oxygen atoms in total. The predicted octanol–water partition coefficient (Wildman–Crippen LogP) is 1.43. The van der Waals surface area contributed by atoms with Crippen molar-refractivity contribution in [1.82, 2.24) is 15.2 Å². The average molecular weight is 317 g/mol. The lowest BCUT2D eigenvalue weighted by Gasteiger charge is -2.12. The normalized spacial score (nSPS) is 11.1. The van der Waals surface area contributed by atoms with Crippen LogP contribution in [0.3, 0.4) is 0 Å². The standard InChI is InChI=1S/C16H20FN5O/c1-18-16(19-7-10-22-8-2-3-9-22)20-12-15(23)21-14-6-4-5-13(17)11-14/h2-6,8-9,11H,7,10,12H2,1H3,(H,21,23)(H2,18,19,20). The van der Waals surface area contributed by atoms with Gasteiger partial charge < -0.3 is 20.5 Å². The largest absolute Gasteiger partial charge is 0.355 e. The molecule has 0 aliphatic rings. The highest BCUT2D eigenvalue weighted by molar-refractivity contribution is 5.94. The summed E-state index contributed by atoms with van der Waals surface area (Å²) in [5, 5.41) is 8.63. The molecule has 0 aliphatic heterocycles. The number of carbonyl (C=O) groups is 1. The molecule has 0 saturated carbocycles. The van der Waals surface area contributed by atoms with Gasteiger partial charge in [0.2, 0.25) is 5.91 Å². The number of nitrogens with one attached hydrogen (secondary N) is 3. The molecule has 122 valence electrons. The number of nitrogens with zero attached hydrogens (tertiary/aromatic N) is 2. The third-order valence-corrected chi connectivity index (χ3v) is 3.08. The Morgan fingerprint density at radius 1 is 1.22 bits per heavy atom. The van der Waals surface area contributed by atoms with E-state index in [4.69, 9.17) is 0 Å². The zero-order valence-corrected chi connectivity index (χ0v) is 12.9. The maximum Gasteiger partial charge on any atom is 0.243 e. The van der Waals surface area contributed by atoms with Gasteiger partial charge in [-0.05, 0) is 30.3 Å². The Hall–Kier alpha value is -2.83. The number of rotatable bonds is 6. The Kier molecular flexibility index (Phi) is 6.17. The highest BCUT2D eigenvalue weighted by Gasteiger charge is 2.04. The van der Waals surface area contributed by atoms with Crippen LogP contribution < -0.4 is 16.0 Å². The Morgan fingerprint density at radius 3 is 2.70 bits per heavy atom. The van der Waals surface area contributed by atoms with Crippen LogP contribution in [0.4, 0.5) is 10.1 Å². The lowest BCUT2D eigenvalue weighted by molar-refractivity contribution is -0.115. The first-order valence-corrected chi connectivity index (χ1v) is 7.28. The Balaban J connectivity index is 1.71. The van der Waals surface area contributed by atoms with Crippen LogP contribution in [0.5, 0.6) is 0 Å². The minimum absolute atomic E-state index is 0.0414. The molecule has 1 aromatic heterocycles. The molecule has 3 N–H and O–H groups in total. The van der Waals surface area contributed by atoms with E-state index in [0.29, 0.717) is 18.2 Å². The van der Waals surface area contributed by atoms with Gasteiger partial charge in [0.15, 0.2) is 5.96 Å². The van der Waals surface area contributed by atoms with Gasteiger partial charge in [-0.3, -0.25) is 9.79 Å². The van der Waals surface area contributed by atoms with Crippen molar-refractivity contribution >= 4 is 17.6 Å². The number of anilines is 1. The monoisotopic (exact) mass is 317 g/mol. The minimum atomic E-state index is -0.391. The SMILES string of the molecule is CN=C(NCCn1cccc1)NCC(=O)Nc1cccc(F)c1. The van der Waals surface area contributed by atoms with E-state index in [0.717, 1.165) is 6.54 Å². The lowest BCUT2D eigenvalue weighted by atomic mass is 10.3. The Labute approximate surface area is 134 Å². The van der Waals surface area contributed by atoms with Crippen molar-refractivity contribution in [2.75, 3.05) is 25.5 Å². The van der Waals surface area contributed by atoms with Crippen LogP contribution in [0.25, 0.3) is 0 Å². The van der Waals surface area contributed by atoms with Crippen molar-refractivity contribution in [2.24, 2.45) is 4.99 Å². The molecule has 7 heteroatoms. The molecule has 0 bridgehead atoms. The number of guanidine groups is 1. The maximum absolute atomic E-state index is 13.0. The van der Waals surface area contributed by atoms with Crippen molar-refractivity contribution in [2.45, 2.75) is 6.54 Å². The van der Waals surface area contributed by atoms with Crippen molar-refractivity contribution in [3.05, 3.63) is 54.6 Å². The third kappa shape index (κ3) is 5.82. The number of amides is 1. The molecule has 0 atom stereocenters. The van der Waals surface area contributed by atoms with Gasteiger partial charge in [-0.25, -0.2) is 4.39 Å². The smallest absolute Gasteiger partial charge is 0.243 e. The van der Waals surface area contributed by atoms with Crippen molar-refractivity contribution in [3.8, 4) is 0 Å². The van der Waals surface area contributed by atoms with Crippen LogP contribution in [-0.2, 0) is 11.3 Å². The van der Waals surface area contributed by atoms with Crippen molar-refractivity contribution in [3.63, 3.8) is 0 Å². The first-order chi connectivity index (χ1) is 11.2. The number of hydrogen-bond donors (Lipinski definition) is 3. The predicted molar refractivity (Wildman–Crippen MR) is 88.8 cm³/mol. The minimum Gasteiger partial charge on any atom is -0.355 e. The van der Waals surface area contributed by atoms with Crippen LogP contribution >= 0.6 is 0 Å². The Morgan fingerprint density at radius 2 is 2.00 bits per heavy atom. The van der Waals surface area contributed by atoms with Crippen molar-refractivity contribution < 1.29 is 9.18 Å². The summed E-state index contributed by atoms with van der Waals surface area (Å²) in [6, 6.07) is 9.69. The number of aliphatic imine (C=N–C) groups is 1. The second kappa shape index (κ2) is 8.57. The molecule has 0 radical (unpaired) electrons. The van der Waals surface area contributed by atoms with E-state index in [-0.39, 0.29) is 12.5 Å². The van der Waals surface area contributed by atoms with E-state index < -0.39 is 5.82 Å². The number of halogens is 1. The van der Waals surface area contributed by atoms with Gasteiger partial charge in [0.25, 0.3) is 0 Å². The van der Waals surface area contributed by atoms with E-state index in [1.807, 2.05) is 29.1 Å². The summed E-state index contributed by atoms with van der Waals surface area (Å²) < 4.78 is 15.1. The van der Waals surface area contributed by atoms with Gasteiger partial charge in [-0.15, -0.1) is 0 Å². The van der Waals surface area contributed by atoms with Crippen molar-refractivity contribution in [1.29, 1.82) is 0 Å². The van der Waals surface area contributed by atoms with Crippen LogP contribution in [-0.4, -0.2) is 36.6 Å². The molecule has 0 aliphatic carbocycles. The molecule has 2 rings (SSSR count). The quantitative estimate of drug-likeness (QED) is 0.557. The van der Waals surface area contributed by atoms with E-state index in [1.54, 1.807) is 19.2 Å². The zero-order valence-electron chi connectivity index (χ0n) is 12.9. The van der Waals surface area contributed by atoms with E-state index in [2.05, 4.69) is 20.9 Å². The molecule has 1 heterocycles. The fourth-order valence-electron chi connectivity index (χ4n) is 1.98. The van der Waals surface area contributed by atoms with Crippen LogP contribution in [0.2, 0.25) is 0 Å². The third-order valence-electron chi connectivity index (χ3n) is 3.08. The molecule has 1 amide bonds. The zero-order chi connectivity index (χ0) is 16.5. The number of carbonyl (C=O) groups excluding carboxylic acids is 1. The van der Waals surface area contributed by atoms with E-state index in [1.165, 1.54) is 12.1 Å². The molecular weight excluding hydrogens is 297 g/mol. The summed E-state index contributed by atoms with van der Waals surface area (Å²) in [6.45, 7) is 1.52. The van der Waals surface area contributed by atoms with Crippen LogP contribution in [0, 0.1) is 5.82 Å². The summed E-state index contributed by atoms with van der Waals surface area (Å²) in [5.41, 5.74) is 0.423. The molecular formula is C16H20FN5O. The molecule has 0 fully saturated rings. The van der Waals surface area contributed by atoms with Crippen LogP contribution in [0.15, 0.2) is 53.8 Å². The van der Waals surface area contributed by atoms with Gasteiger partial charge in [-0.1, -0.05) is 6.07 Å². The second-order valence-electron chi connectivity index (χ2n) is 4.83. The lowest BCUT2D eigenvalue weighted by Crippen LogP contribution is -2.42. The first kappa shape index (κ1) is 16.5. The highest BCUT2D eigenvalue weighted by Crippen LogP contribution is 2.08. The second-order valence-corrected chi connectivity index (χ2v) is 4.83. The summed E-state index contributed by atoms with van der Waals surface area (Å²) in [4.78, 5) is 15.9. The van der Waals surface area contributed by atoms with Gasteiger partial charge >= 0.3 is 0 Å². The molecule has 0 unspecified atom stereocenters. The number of benzene rings is 1. The molecule has 0 spiro atoms. The average Bonchev–Trinajstić information content (AvgIpc) is 3.04. The summed E-state index contributed by atoms with van der Waals surface area (Å²) >= 11 is 0. The molecule has 0 saturated heterocycles. The summed E-state index contributed by atoms with van der Waals surface area (Å²) in [6.07, 6.45) is 3.95. The first-order valence-electron chi connectivity index (χ1n) is 7.28. The Bertz CT molecular complexity index is 654. The van der Waals surface area contributed by atoms with E-state index in [9.17, 15) is 9.18 Å². The molecule has 2 aromatic rings. The van der Waals surface area contributed by atoms with Crippen LogP contribution in [0.1, 0.15) is 0 Å².